The molecule has 1 heterocycles. The van der Waals surface area contributed by atoms with E-state index in [2.05, 4.69) is 10.1 Å². The fourth-order valence-corrected chi connectivity index (χ4v) is 2.06. The zero-order chi connectivity index (χ0) is 12.8. The molecule has 0 aliphatic rings. The molecule has 0 aliphatic carbocycles. The van der Waals surface area contributed by atoms with Gasteiger partial charge in [-0.3, -0.25) is 24.2 Å². The lowest BCUT2D eigenvalue weighted by molar-refractivity contribution is -0.118. The van der Waals surface area contributed by atoms with Gasteiger partial charge in [0, 0.05) is 25.6 Å². The third kappa shape index (κ3) is 4.18. The summed E-state index contributed by atoms with van der Waals surface area (Å²) in [7, 11) is 1.62. The Morgan fingerprint density at radius 3 is 2.82 bits per heavy atom. The first-order chi connectivity index (χ1) is 8.04. The van der Waals surface area contributed by atoms with Gasteiger partial charge in [0.15, 0.2) is 5.16 Å². The van der Waals surface area contributed by atoms with Gasteiger partial charge in [-0.2, -0.15) is 4.98 Å². The number of nitrogens with zero attached hydrogens (tertiary/aromatic N) is 2. The average Bonchev–Trinajstić information content (AvgIpc) is 2.30. The van der Waals surface area contributed by atoms with Crippen LogP contribution in [-0.2, 0) is 11.8 Å². The Balaban J connectivity index is 2.53. The number of aryl methyl sites for hydroxylation is 1. The summed E-state index contributed by atoms with van der Waals surface area (Å²) in [6, 6.07) is 0. The molecule has 0 spiro atoms. The van der Waals surface area contributed by atoms with E-state index in [0.29, 0.717) is 23.8 Å². The number of aromatic nitrogens is 3. The monoisotopic (exact) mass is 257 g/mol. The normalized spacial score (nSPS) is 10.5. The molecule has 1 aromatic heterocycles. The molecule has 0 amide bonds. The van der Waals surface area contributed by atoms with Crippen molar-refractivity contribution in [1.82, 2.24) is 14.8 Å². The average molecular weight is 257 g/mol. The summed E-state index contributed by atoms with van der Waals surface area (Å²) in [4.78, 5) is 36.7. The van der Waals surface area contributed by atoms with Gasteiger partial charge in [0.2, 0.25) is 0 Å². The number of carbonyl (C=O) groups excluding carboxylic acids is 1. The first kappa shape index (κ1) is 13.7. The summed E-state index contributed by atoms with van der Waals surface area (Å²) in [5.41, 5.74) is -1.51. The number of hydrogen-bond acceptors (Lipinski definition) is 5. The maximum atomic E-state index is 11.1. The zero-order valence-electron chi connectivity index (χ0n) is 9.86. The van der Waals surface area contributed by atoms with Crippen LogP contribution in [0.15, 0.2) is 14.7 Å². The molecule has 0 saturated heterocycles. The van der Waals surface area contributed by atoms with Gasteiger partial charge in [-0.25, -0.2) is 0 Å². The number of H-pyrrole nitrogens is 1. The van der Waals surface area contributed by atoms with Crippen LogP contribution in [0.5, 0.6) is 0 Å². The van der Waals surface area contributed by atoms with Crippen LogP contribution in [0.3, 0.4) is 0 Å². The Kier molecular flexibility index (Phi) is 5.14. The Hall–Kier alpha value is -1.37. The standard InChI is InChI=1S/C10H15N3O3S/c1-3-7(14)5-4-6-17-10-11-8(15)9(16)12-13(10)2/h3-6H2,1-2H3,(H,12,16). The molecule has 6 nitrogen and oxygen atoms in total. The maximum absolute atomic E-state index is 11.1. The molecule has 1 aromatic rings. The second kappa shape index (κ2) is 6.39. The van der Waals surface area contributed by atoms with Crippen LogP contribution in [0.1, 0.15) is 26.2 Å². The summed E-state index contributed by atoms with van der Waals surface area (Å²) in [5, 5.41) is 2.82. The highest BCUT2D eigenvalue weighted by Gasteiger charge is 2.05. The lowest BCUT2D eigenvalue weighted by Crippen LogP contribution is -2.33. The maximum Gasteiger partial charge on any atom is 0.339 e. The predicted molar refractivity (Wildman–Crippen MR) is 65.4 cm³/mol. The first-order valence-electron chi connectivity index (χ1n) is 5.36. The van der Waals surface area contributed by atoms with Crippen LogP contribution >= 0.6 is 11.8 Å². The smallest absolute Gasteiger partial charge is 0.300 e. The molecule has 17 heavy (non-hydrogen) atoms. The molecule has 0 unspecified atom stereocenters. The number of thioether (sulfide) groups is 1. The molecule has 0 fully saturated rings. The van der Waals surface area contributed by atoms with Crippen LogP contribution in [0.2, 0.25) is 0 Å². The van der Waals surface area contributed by atoms with Gasteiger partial charge < -0.3 is 0 Å². The number of hydrogen-bond donors (Lipinski definition) is 1. The van der Waals surface area contributed by atoms with E-state index in [-0.39, 0.29) is 5.78 Å². The van der Waals surface area contributed by atoms with Crippen molar-refractivity contribution in [3.8, 4) is 0 Å². The van der Waals surface area contributed by atoms with Gasteiger partial charge in [0.25, 0.3) is 0 Å². The molecule has 0 radical (unpaired) electrons. The molecule has 0 aromatic carbocycles. The highest BCUT2D eigenvalue weighted by molar-refractivity contribution is 7.99. The summed E-state index contributed by atoms with van der Waals surface area (Å²) in [6.45, 7) is 1.84. The van der Waals surface area contributed by atoms with Crippen molar-refractivity contribution in [1.29, 1.82) is 0 Å². The third-order valence-electron chi connectivity index (χ3n) is 2.17. The molecule has 7 heteroatoms. The van der Waals surface area contributed by atoms with Crippen molar-refractivity contribution >= 4 is 17.5 Å². The van der Waals surface area contributed by atoms with Gasteiger partial charge in [-0.15, -0.1) is 0 Å². The van der Waals surface area contributed by atoms with E-state index in [1.54, 1.807) is 7.05 Å². The molecule has 0 bridgehead atoms. The molecule has 0 atom stereocenters. The molecular weight excluding hydrogens is 242 g/mol. The third-order valence-corrected chi connectivity index (χ3v) is 3.29. The van der Waals surface area contributed by atoms with E-state index in [1.165, 1.54) is 16.4 Å². The number of aromatic amines is 1. The van der Waals surface area contributed by atoms with E-state index < -0.39 is 11.1 Å². The lowest BCUT2D eigenvalue weighted by Gasteiger charge is -2.04. The fourth-order valence-electron chi connectivity index (χ4n) is 1.20. The molecule has 1 rings (SSSR count). The summed E-state index contributed by atoms with van der Waals surface area (Å²) < 4.78 is 1.41. The molecule has 1 N–H and O–H groups in total. The minimum absolute atomic E-state index is 0.230. The molecular formula is C10H15N3O3S. The van der Waals surface area contributed by atoms with Crippen molar-refractivity contribution < 1.29 is 4.79 Å². The summed E-state index contributed by atoms with van der Waals surface area (Å²) >= 11 is 1.35. The molecule has 0 saturated carbocycles. The second-order valence-corrected chi connectivity index (χ2v) is 4.61. The second-order valence-electron chi connectivity index (χ2n) is 3.54. The Bertz CT molecular complexity index is 506. The van der Waals surface area contributed by atoms with Gasteiger partial charge in [0.1, 0.15) is 5.78 Å². The topological polar surface area (TPSA) is 84.8 Å². The first-order valence-corrected chi connectivity index (χ1v) is 6.35. The lowest BCUT2D eigenvalue weighted by atomic mass is 10.2. The number of nitrogens with one attached hydrogen (secondary N) is 1. The number of Topliss-reactive ketones (excluding diaryl/α,β-unsaturated/α-hetero) is 1. The molecule has 0 aliphatic heterocycles. The number of rotatable bonds is 6. The van der Waals surface area contributed by atoms with Crippen molar-refractivity contribution in [3.63, 3.8) is 0 Å². The largest absolute Gasteiger partial charge is 0.339 e. The zero-order valence-corrected chi connectivity index (χ0v) is 10.7. The van der Waals surface area contributed by atoms with Crippen molar-refractivity contribution in [3.05, 3.63) is 20.7 Å². The minimum Gasteiger partial charge on any atom is -0.300 e. The summed E-state index contributed by atoms with van der Waals surface area (Å²) in [5.74, 6) is 0.923. The van der Waals surface area contributed by atoms with E-state index >= 15 is 0 Å². The van der Waals surface area contributed by atoms with Crippen LogP contribution in [0.4, 0.5) is 0 Å². The Labute approximate surface area is 102 Å². The minimum atomic E-state index is -0.782. The summed E-state index contributed by atoms with van der Waals surface area (Å²) in [6.07, 6.45) is 1.84. The predicted octanol–water partition coefficient (Wildman–Crippen LogP) is 0.320. The highest BCUT2D eigenvalue weighted by Crippen LogP contribution is 2.13. The SMILES string of the molecule is CCC(=O)CCCSc1nc(=O)c(=O)[nH]n1C. The fraction of sp³-hybridized carbons (Fsp3) is 0.600. The van der Waals surface area contributed by atoms with Crippen molar-refractivity contribution in [2.24, 2.45) is 7.05 Å². The van der Waals surface area contributed by atoms with Crippen molar-refractivity contribution in [2.75, 3.05) is 5.75 Å². The Morgan fingerprint density at radius 1 is 1.47 bits per heavy atom. The van der Waals surface area contributed by atoms with Crippen LogP contribution in [0.25, 0.3) is 0 Å². The number of carbonyl (C=O) groups is 1. The van der Waals surface area contributed by atoms with Crippen molar-refractivity contribution in [2.45, 2.75) is 31.3 Å². The Morgan fingerprint density at radius 2 is 2.18 bits per heavy atom. The van der Waals surface area contributed by atoms with E-state index in [9.17, 15) is 14.4 Å². The van der Waals surface area contributed by atoms with Gasteiger partial charge in [-0.1, -0.05) is 18.7 Å². The van der Waals surface area contributed by atoms with E-state index in [4.69, 9.17) is 0 Å². The van der Waals surface area contributed by atoms with E-state index in [0.717, 1.165) is 6.42 Å². The van der Waals surface area contributed by atoms with Gasteiger partial charge in [-0.05, 0) is 6.42 Å². The van der Waals surface area contributed by atoms with Crippen LogP contribution in [-0.4, -0.2) is 26.3 Å². The van der Waals surface area contributed by atoms with Crippen LogP contribution < -0.4 is 11.1 Å². The molecule has 94 valence electrons. The highest BCUT2D eigenvalue weighted by atomic mass is 32.2. The number of ketones is 1. The quantitative estimate of drug-likeness (QED) is 0.450. The van der Waals surface area contributed by atoms with Crippen LogP contribution in [0, 0.1) is 0 Å². The van der Waals surface area contributed by atoms with Gasteiger partial charge in [0.05, 0.1) is 0 Å². The van der Waals surface area contributed by atoms with E-state index in [1.807, 2.05) is 6.92 Å². The van der Waals surface area contributed by atoms with Gasteiger partial charge >= 0.3 is 11.1 Å².